The number of fused-ring (bicyclic) bond motifs is 1. The number of hydrogen-bond acceptors (Lipinski definition) is 3. The predicted molar refractivity (Wildman–Crippen MR) is 90.4 cm³/mol. The van der Waals surface area contributed by atoms with Gasteiger partial charge < -0.3 is 10.2 Å². The topological polar surface area (TPSA) is 52.7 Å². The van der Waals surface area contributed by atoms with Gasteiger partial charge in [-0.25, -0.2) is 0 Å². The molecular weight excluding hydrogens is 290 g/mol. The number of nitrogens with one attached hydrogen (secondary N) is 1. The fraction of sp³-hybridized carbons (Fsp3) is 0.556. The fourth-order valence-corrected chi connectivity index (χ4v) is 3.54. The van der Waals surface area contributed by atoms with Crippen LogP contribution in [0.5, 0.6) is 0 Å². The fourth-order valence-electron chi connectivity index (χ4n) is 3.54. The van der Waals surface area contributed by atoms with Gasteiger partial charge in [-0.05, 0) is 37.6 Å². The maximum absolute atomic E-state index is 12.6. The lowest BCUT2D eigenvalue weighted by molar-refractivity contribution is -0.126. The zero-order chi connectivity index (χ0) is 16.2. The van der Waals surface area contributed by atoms with Gasteiger partial charge in [0, 0.05) is 31.6 Å². The highest BCUT2D eigenvalue weighted by molar-refractivity contribution is 6.03. The van der Waals surface area contributed by atoms with Crippen LogP contribution in [0.25, 0.3) is 0 Å². The largest absolute Gasteiger partial charge is 0.353 e. The number of anilines is 1. The van der Waals surface area contributed by atoms with Crippen molar-refractivity contribution in [2.45, 2.75) is 38.6 Å². The van der Waals surface area contributed by atoms with Crippen LogP contribution in [0.1, 0.15) is 31.7 Å². The second kappa shape index (κ2) is 7.13. The van der Waals surface area contributed by atoms with E-state index in [1.807, 2.05) is 31.2 Å². The third-order valence-electron chi connectivity index (χ3n) is 4.78. The molecule has 0 radical (unpaired) electrons. The third kappa shape index (κ3) is 3.39. The Bertz CT molecular complexity index is 581. The summed E-state index contributed by atoms with van der Waals surface area (Å²) in [6, 6.07) is 7.41. The molecule has 1 N–H and O–H groups in total. The molecule has 1 saturated heterocycles. The molecule has 2 heterocycles. The number of rotatable bonds is 5. The molecule has 5 heteroatoms. The van der Waals surface area contributed by atoms with Crippen molar-refractivity contribution in [1.29, 1.82) is 0 Å². The summed E-state index contributed by atoms with van der Waals surface area (Å²) in [6.45, 7) is 5.65. The van der Waals surface area contributed by atoms with E-state index in [9.17, 15) is 9.59 Å². The Labute approximate surface area is 137 Å². The average Bonchev–Trinajstić information content (AvgIpc) is 3.21. The van der Waals surface area contributed by atoms with Gasteiger partial charge in [0.25, 0.3) is 0 Å². The van der Waals surface area contributed by atoms with Gasteiger partial charge in [0.1, 0.15) is 6.04 Å². The van der Waals surface area contributed by atoms with Crippen LogP contribution >= 0.6 is 0 Å². The van der Waals surface area contributed by atoms with E-state index in [1.54, 1.807) is 4.90 Å². The Morgan fingerprint density at radius 3 is 2.70 bits per heavy atom. The summed E-state index contributed by atoms with van der Waals surface area (Å²) >= 11 is 0. The smallest absolute Gasteiger partial charge is 0.243 e. The number of hydrogen-bond donors (Lipinski definition) is 1. The van der Waals surface area contributed by atoms with Gasteiger partial charge in [0.05, 0.1) is 0 Å². The third-order valence-corrected chi connectivity index (χ3v) is 4.78. The number of likely N-dealkylation sites (tertiary alicyclic amines) is 1. The van der Waals surface area contributed by atoms with Crippen LogP contribution in [0.3, 0.4) is 0 Å². The number of para-hydroxylation sites is 1. The van der Waals surface area contributed by atoms with Gasteiger partial charge in [-0.15, -0.1) is 0 Å². The number of carbonyl (C=O) groups is 2. The predicted octanol–water partition coefficient (Wildman–Crippen LogP) is 1.57. The van der Waals surface area contributed by atoms with Gasteiger partial charge in [0.2, 0.25) is 11.8 Å². The zero-order valence-corrected chi connectivity index (χ0v) is 13.8. The molecule has 2 aliphatic rings. The molecule has 0 aromatic heterocycles. The Morgan fingerprint density at radius 2 is 1.96 bits per heavy atom. The van der Waals surface area contributed by atoms with Crippen molar-refractivity contribution in [2.75, 3.05) is 31.1 Å². The molecule has 0 saturated carbocycles. The maximum atomic E-state index is 12.6. The van der Waals surface area contributed by atoms with Crippen molar-refractivity contribution in [1.82, 2.24) is 10.2 Å². The van der Waals surface area contributed by atoms with Crippen LogP contribution in [0.2, 0.25) is 0 Å². The molecule has 0 spiro atoms. The molecule has 3 rings (SSSR count). The molecule has 1 atom stereocenters. The van der Waals surface area contributed by atoms with Crippen LogP contribution < -0.4 is 10.2 Å². The molecule has 1 aromatic carbocycles. The zero-order valence-electron chi connectivity index (χ0n) is 13.8. The number of benzene rings is 1. The van der Waals surface area contributed by atoms with Gasteiger partial charge in [-0.3, -0.25) is 14.5 Å². The average molecular weight is 315 g/mol. The molecule has 5 nitrogen and oxygen atoms in total. The summed E-state index contributed by atoms with van der Waals surface area (Å²) < 4.78 is 0. The van der Waals surface area contributed by atoms with Crippen LogP contribution in [0.15, 0.2) is 24.3 Å². The summed E-state index contributed by atoms with van der Waals surface area (Å²) in [5.41, 5.74) is 1.97. The highest BCUT2D eigenvalue weighted by atomic mass is 16.2. The second-order valence-corrected chi connectivity index (χ2v) is 6.31. The first-order valence-corrected chi connectivity index (χ1v) is 8.60. The standard InChI is InChI=1S/C18H25N3O2/c1-2-17(22)21-15-8-4-3-7-14(15)13-16(21)18(23)19-9-12-20-10-5-6-11-20/h3-4,7-8,16H,2,5-6,9-13H2,1H3,(H,19,23)/t16-/m1/s1. The van der Waals surface area contributed by atoms with Crippen LogP contribution in [0.4, 0.5) is 5.69 Å². The Kier molecular flexibility index (Phi) is 4.96. The molecule has 0 bridgehead atoms. The highest BCUT2D eigenvalue weighted by Crippen LogP contribution is 2.32. The van der Waals surface area contributed by atoms with E-state index in [4.69, 9.17) is 0 Å². The van der Waals surface area contributed by atoms with E-state index in [1.165, 1.54) is 12.8 Å². The quantitative estimate of drug-likeness (QED) is 0.897. The van der Waals surface area contributed by atoms with E-state index in [0.29, 0.717) is 19.4 Å². The number of carbonyl (C=O) groups excluding carboxylic acids is 2. The van der Waals surface area contributed by atoms with E-state index in [2.05, 4.69) is 10.2 Å². The lowest BCUT2D eigenvalue weighted by Gasteiger charge is -2.25. The first-order valence-electron chi connectivity index (χ1n) is 8.60. The minimum absolute atomic E-state index is 0.00893. The van der Waals surface area contributed by atoms with Gasteiger partial charge in [0.15, 0.2) is 0 Å². The molecule has 2 amide bonds. The minimum Gasteiger partial charge on any atom is -0.353 e. The van der Waals surface area contributed by atoms with Crippen molar-refractivity contribution in [3.05, 3.63) is 29.8 Å². The van der Waals surface area contributed by atoms with Gasteiger partial charge in [-0.2, -0.15) is 0 Å². The first kappa shape index (κ1) is 16.0. The number of amides is 2. The molecule has 0 unspecified atom stereocenters. The molecule has 124 valence electrons. The highest BCUT2D eigenvalue weighted by Gasteiger charge is 2.37. The van der Waals surface area contributed by atoms with Crippen LogP contribution in [-0.4, -0.2) is 48.9 Å². The monoisotopic (exact) mass is 315 g/mol. The van der Waals surface area contributed by atoms with Gasteiger partial charge >= 0.3 is 0 Å². The lowest BCUT2D eigenvalue weighted by Crippen LogP contribution is -2.49. The Balaban J connectivity index is 1.63. The summed E-state index contributed by atoms with van der Waals surface area (Å²) in [6.07, 6.45) is 3.53. The molecule has 1 fully saturated rings. The molecule has 23 heavy (non-hydrogen) atoms. The Hall–Kier alpha value is -1.88. The molecular formula is C18H25N3O2. The Morgan fingerprint density at radius 1 is 1.22 bits per heavy atom. The van der Waals surface area contributed by atoms with E-state index in [-0.39, 0.29) is 11.8 Å². The normalized spacial score (nSPS) is 20.6. The second-order valence-electron chi connectivity index (χ2n) is 6.31. The number of nitrogens with zero attached hydrogens (tertiary/aromatic N) is 2. The molecule has 0 aliphatic carbocycles. The SMILES string of the molecule is CCC(=O)N1c2ccccc2C[C@@H]1C(=O)NCCN1CCCC1. The van der Waals surface area contributed by atoms with Crippen molar-refractivity contribution in [3.8, 4) is 0 Å². The van der Waals surface area contributed by atoms with Crippen LogP contribution in [-0.2, 0) is 16.0 Å². The summed E-state index contributed by atoms with van der Waals surface area (Å²) in [4.78, 5) is 29.0. The molecule has 1 aromatic rings. The van der Waals surface area contributed by atoms with Crippen LogP contribution in [0, 0.1) is 0 Å². The van der Waals surface area contributed by atoms with E-state index in [0.717, 1.165) is 30.9 Å². The first-order chi connectivity index (χ1) is 11.2. The van der Waals surface area contributed by atoms with E-state index < -0.39 is 6.04 Å². The lowest BCUT2D eigenvalue weighted by atomic mass is 10.1. The van der Waals surface area contributed by atoms with Gasteiger partial charge in [-0.1, -0.05) is 25.1 Å². The summed E-state index contributed by atoms with van der Waals surface area (Å²) in [5.74, 6) is -0.0307. The van der Waals surface area contributed by atoms with Crippen molar-refractivity contribution in [3.63, 3.8) is 0 Å². The minimum atomic E-state index is -0.404. The maximum Gasteiger partial charge on any atom is 0.243 e. The van der Waals surface area contributed by atoms with Crippen molar-refractivity contribution in [2.24, 2.45) is 0 Å². The summed E-state index contributed by atoms with van der Waals surface area (Å²) in [5, 5.41) is 3.02. The van der Waals surface area contributed by atoms with E-state index >= 15 is 0 Å². The molecule has 2 aliphatic heterocycles. The summed E-state index contributed by atoms with van der Waals surface area (Å²) in [7, 11) is 0. The van der Waals surface area contributed by atoms with Crippen molar-refractivity contribution < 1.29 is 9.59 Å². The van der Waals surface area contributed by atoms with Crippen molar-refractivity contribution >= 4 is 17.5 Å².